The van der Waals surface area contributed by atoms with Gasteiger partial charge in [0, 0.05) is 0 Å². The molecule has 0 fully saturated rings. The van der Waals surface area contributed by atoms with Gasteiger partial charge in [0.15, 0.2) is 0 Å². The van der Waals surface area contributed by atoms with Gasteiger partial charge in [-0.15, -0.1) is 0 Å². The lowest BCUT2D eigenvalue weighted by atomic mass is 10.1. The van der Waals surface area contributed by atoms with Crippen LogP contribution < -0.4 is 0 Å². The predicted octanol–water partition coefficient (Wildman–Crippen LogP) is 2.96. The molecule has 0 aromatic heterocycles. The maximum atomic E-state index is 8.65. The summed E-state index contributed by atoms with van der Waals surface area (Å²) in [5.74, 6) is 0. The zero-order valence-electron chi connectivity index (χ0n) is 8.57. The Kier molecular flexibility index (Phi) is 9.10. The Balaban J connectivity index is 3.36. The van der Waals surface area contributed by atoms with E-state index in [2.05, 4.69) is 6.92 Å². The van der Waals surface area contributed by atoms with Gasteiger partial charge in [0.2, 0.25) is 0 Å². The molecular weight excluding hydrogens is 187 g/mol. The molecule has 0 saturated heterocycles. The lowest BCUT2D eigenvalue weighted by Crippen LogP contribution is -2.08. The summed E-state index contributed by atoms with van der Waals surface area (Å²) in [5.41, 5.74) is 0. The zero-order valence-corrected chi connectivity index (χ0v) is 9.46. The Bertz CT molecular complexity index is 109. The lowest BCUT2D eigenvalue weighted by molar-refractivity contribution is 0.155. The van der Waals surface area contributed by atoms with E-state index in [4.69, 9.17) is 14.3 Å². The van der Waals surface area contributed by atoms with E-state index in [0.717, 1.165) is 19.3 Å². The summed E-state index contributed by atoms with van der Waals surface area (Å²) in [6, 6.07) is 0. The summed E-state index contributed by atoms with van der Waals surface area (Å²) < 4.78 is 4.96. The summed E-state index contributed by atoms with van der Waals surface area (Å²) in [6.07, 6.45) is 6.63. The highest BCUT2D eigenvalue weighted by Gasteiger charge is 2.10. The van der Waals surface area contributed by atoms with E-state index in [1.165, 1.54) is 19.3 Å². The first-order valence-electron chi connectivity index (χ1n) is 5.05. The Morgan fingerprint density at radius 1 is 1.15 bits per heavy atom. The summed E-state index contributed by atoms with van der Waals surface area (Å²) in [4.78, 5) is 17.3. The molecule has 0 bridgehead atoms. The van der Waals surface area contributed by atoms with Crippen molar-refractivity contribution in [2.45, 2.75) is 58.5 Å². The van der Waals surface area contributed by atoms with E-state index < -0.39 is 8.60 Å². The summed E-state index contributed by atoms with van der Waals surface area (Å²) in [7, 11) is -2.17. The van der Waals surface area contributed by atoms with Gasteiger partial charge in [0.25, 0.3) is 0 Å². The Morgan fingerprint density at radius 3 is 2.31 bits per heavy atom. The van der Waals surface area contributed by atoms with Crippen LogP contribution in [0.4, 0.5) is 0 Å². The molecule has 1 unspecified atom stereocenters. The van der Waals surface area contributed by atoms with Crippen LogP contribution in [-0.4, -0.2) is 15.9 Å². The van der Waals surface area contributed by atoms with Crippen LogP contribution in [0.15, 0.2) is 0 Å². The Labute approximate surface area is 82.1 Å². The molecule has 0 radical (unpaired) electrons. The van der Waals surface area contributed by atoms with Crippen LogP contribution in [-0.2, 0) is 4.52 Å². The fraction of sp³-hybridized carbons (Fsp3) is 1.00. The number of unbranched alkanes of at least 4 members (excludes halogenated alkanes) is 3. The van der Waals surface area contributed by atoms with Crippen LogP contribution >= 0.6 is 8.60 Å². The smallest absolute Gasteiger partial charge is 0.327 e. The number of hydrogen-bond donors (Lipinski definition) is 2. The fourth-order valence-corrected chi connectivity index (χ4v) is 1.78. The highest BCUT2D eigenvalue weighted by atomic mass is 31.2. The Hall–Kier alpha value is 0.310. The van der Waals surface area contributed by atoms with Crippen molar-refractivity contribution >= 4 is 8.60 Å². The van der Waals surface area contributed by atoms with Crippen molar-refractivity contribution in [3.8, 4) is 0 Å². The van der Waals surface area contributed by atoms with E-state index in [9.17, 15) is 0 Å². The van der Waals surface area contributed by atoms with Crippen LogP contribution in [0.2, 0.25) is 0 Å². The molecule has 4 heteroatoms. The van der Waals surface area contributed by atoms with Gasteiger partial charge in [0.05, 0.1) is 6.10 Å². The molecule has 0 aliphatic rings. The van der Waals surface area contributed by atoms with Crippen LogP contribution in [0.5, 0.6) is 0 Å². The average molecular weight is 208 g/mol. The van der Waals surface area contributed by atoms with Gasteiger partial charge in [-0.25, -0.2) is 0 Å². The molecule has 0 saturated carbocycles. The quantitative estimate of drug-likeness (QED) is 0.476. The molecule has 13 heavy (non-hydrogen) atoms. The van der Waals surface area contributed by atoms with Crippen molar-refractivity contribution < 1.29 is 14.3 Å². The predicted molar refractivity (Wildman–Crippen MR) is 55.3 cm³/mol. The van der Waals surface area contributed by atoms with Gasteiger partial charge in [-0.2, -0.15) is 0 Å². The molecule has 0 aromatic rings. The molecule has 0 heterocycles. The number of rotatable bonds is 8. The standard InChI is InChI=1S/C9H21O3P/c1-3-5-6-7-8-9(4-2)12-13(10)11/h9-11H,3-8H2,1-2H3. The SMILES string of the molecule is CCCCCCC(CC)OP(O)O. The van der Waals surface area contributed by atoms with Crippen molar-refractivity contribution in [2.24, 2.45) is 0 Å². The first-order valence-corrected chi connectivity index (χ1v) is 6.21. The minimum atomic E-state index is -2.17. The summed E-state index contributed by atoms with van der Waals surface area (Å²) in [5, 5.41) is 0. The molecule has 0 spiro atoms. The maximum Gasteiger partial charge on any atom is 0.327 e. The molecule has 0 aromatic carbocycles. The topological polar surface area (TPSA) is 49.7 Å². The van der Waals surface area contributed by atoms with E-state index in [1.807, 2.05) is 6.92 Å². The normalized spacial score (nSPS) is 13.6. The van der Waals surface area contributed by atoms with Gasteiger partial charge >= 0.3 is 8.60 Å². The van der Waals surface area contributed by atoms with Gasteiger partial charge in [-0.05, 0) is 12.8 Å². The minimum absolute atomic E-state index is 0.0259. The van der Waals surface area contributed by atoms with E-state index in [0.29, 0.717) is 0 Å². The molecule has 3 nitrogen and oxygen atoms in total. The second kappa shape index (κ2) is 8.89. The Morgan fingerprint density at radius 2 is 1.85 bits per heavy atom. The summed E-state index contributed by atoms with van der Waals surface area (Å²) >= 11 is 0. The third-order valence-electron chi connectivity index (χ3n) is 2.08. The van der Waals surface area contributed by atoms with Crippen LogP contribution in [0.3, 0.4) is 0 Å². The third-order valence-corrected chi connectivity index (χ3v) is 2.57. The lowest BCUT2D eigenvalue weighted by Gasteiger charge is -2.15. The largest absolute Gasteiger partial charge is 0.328 e. The van der Waals surface area contributed by atoms with Crippen molar-refractivity contribution in [1.29, 1.82) is 0 Å². The van der Waals surface area contributed by atoms with Crippen LogP contribution in [0.25, 0.3) is 0 Å². The second-order valence-electron chi connectivity index (χ2n) is 3.24. The first-order chi connectivity index (χ1) is 6.20. The van der Waals surface area contributed by atoms with E-state index in [1.54, 1.807) is 0 Å². The maximum absolute atomic E-state index is 8.65. The fourth-order valence-electron chi connectivity index (χ4n) is 1.26. The molecule has 0 aliphatic carbocycles. The van der Waals surface area contributed by atoms with Crippen LogP contribution in [0, 0.1) is 0 Å². The first kappa shape index (κ1) is 13.3. The third kappa shape index (κ3) is 8.63. The van der Waals surface area contributed by atoms with Crippen LogP contribution in [0.1, 0.15) is 52.4 Å². The summed E-state index contributed by atoms with van der Waals surface area (Å²) in [6.45, 7) is 4.18. The van der Waals surface area contributed by atoms with Crippen molar-refractivity contribution in [2.75, 3.05) is 0 Å². The van der Waals surface area contributed by atoms with E-state index >= 15 is 0 Å². The number of hydrogen-bond acceptors (Lipinski definition) is 3. The molecule has 0 amide bonds. The molecule has 0 rings (SSSR count). The second-order valence-corrected chi connectivity index (χ2v) is 3.95. The molecular formula is C9H21O3P. The molecule has 1 atom stereocenters. The van der Waals surface area contributed by atoms with E-state index in [-0.39, 0.29) is 6.10 Å². The molecule has 0 aliphatic heterocycles. The van der Waals surface area contributed by atoms with Gasteiger partial charge < -0.3 is 14.3 Å². The average Bonchev–Trinajstić information content (AvgIpc) is 2.09. The highest BCUT2D eigenvalue weighted by Crippen LogP contribution is 2.29. The van der Waals surface area contributed by atoms with Gasteiger partial charge in [-0.3, -0.25) is 0 Å². The van der Waals surface area contributed by atoms with Crippen molar-refractivity contribution in [3.63, 3.8) is 0 Å². The molecule has 2 N–H and O–H groups in total. The van der Waals surface area contributed by atoms with Gasteiger partial charge in [-0.1, -0.05) is 39.5 Å². The van der Waals surface area contributed by atoms with Crippen molar-refractivity contribution in [3.05, 3.63) is 0 Å². The minimum Gasteiger partial charge on any atom is -0.328 e. The highest BCUT2D eigenvalue weighted by molar-refractivity contribution is 7.39. The van der Waals surface area contributed by atoms with Crippen molar-refractivity contribution in [1.82, 2.24) is 0 Å². The monoisotopic (exact) mass is 208 g/mol. The zero-order chi connectivity index (χ0) is 10.1. The van der Waals surface area contributed by atoms with Gasteiger partial charge in [0.1, 0.15) is 0 Å². The molecule has 80 valence electrons.